The number of amides is 1. The average Bonchev–Trinajstić information content (AvgIpc) is 2.97. The van der Waals surface area contributed by atoms with Crippen molar-refractivity contribution in [3.63, 3.8) is 0 Å². The van der Waals surface area contributed by atoms with Gasteiger partial charge in [0, 0.05) is 5.56 Å². The summed E-state index contributed by atoms with van der Waals surface area (Å²) in [5, 5.41) is 2.69. The predicted molar refractivity (Wildman–Crippen MR) is 79.9 cm³/mol. The van der Waals surface area contributed by atoms with Gasteiger partial charge in [-0.3, -0.25) is 4.79 Å². The third kappa shape index (κ3) is 2.65. The van der Waals surface area contributed by atoms with Crippen LogP contribution in [0.3, 0.4) is 0 Å². The van der Waals surface area contributed by atoms with Gasteiger partial charge in [0.15, 0.2) is 6.10 Å². The first kappa shape index (κ1) is 14.1. The number of cyclic esters (lactones) is 1. The van der Waals surface area contributed by atoms with Crippen LogP contribution in [0.5, 0.6) is 5.75 Å². The van der Waals surface area contributed by atoms with Gasteiger partial charge >= 0.3 is 6.09 Å². The Balaban J connectivity index is 1.87. The molecule has 1 heterocycles. The largest absolute Gasteiger partial charge is 0.497 e. The van der Waals surface area contributed by atoms with Gasteiger partial charge in [0.25, 0.3) is 0 Å². The Morgan fingerprint density at radius 3 is 2.41 bits per heavy atom. The van der Waals surface area contributed by atoms with Crippen LogP contribution in [-0.2, 0) is 4.74 Å². The van der Waals surface area contributed by atoms with E-state index in [-0.39, 0.29) is 5.78 Å². The van der Waals surface area contributed by atoms with Crippen LogP contribution in [0.2, 0.25) is 0 Å². The molecule has 1 aliphatic heterocycles. The van der Waals surface area contributed by atoms with Crippen LogP contribution in [0, 0.1) is 0 Å². The van der Waals surface area contributed by atoms with Gasteiger partial charge in [0.05, 0.1) is 7.11 Å². The lowest BCUT2D eigenvalue weighted by molar-refractivity contribution is 0.0721. The highest BCUT2D eigenvalue weighted by Crippen LogP contribution is 2.27. The summed E-state index contributed by atoms with van der Waals surface area (Å²) in [6, 6.07) is 15.5. The summed E-state index contributed by atoms with van der Waals surface area (Å²) >= 11 is 0. The normalized spacial score (nSPS) is 20.1. The van der Waals surface area contributed by atoms with Crippen LogP contribution in [0.4, 0.5) is 4.79 Å². The molecule has 0 saturated carbocycles. The van der Waals surface area contributed by atoms with Gasteiger partial charge in [-0.15, -0.1) is 0 Å². The molecule has 5 nitrogen and oxygen atoms in total. The number of carbonyl (C=O) groups is 2. The summed E-state index contributed by atoms with van der Waals surface area (Å²) in [5.41, 5.74) is 1.31. The lowest BCUT2D eigenvalue weighted by Crippen LogP contribution is -2.29. The molecule has 0 spiro atoms. The van der Waals surface area contributed by atoms with Gasteiger partial charge in [-0.05, 0) is 29.8 Å². The number of nitrogens with one attached hydrogen (secondary N) is 1. The van der Waals surface area contributed by atoms with E-state index in [0.717, 1.165) is 5.56 Å². The van der Waals surface area contributed by atoms with E-state index in [0.29, 0.717) is 11.3 Å². The SMILES string of the molecule is COc1ccc(C(=O)[C@@H]2OC(=O)N[C@H]2c2ccccc2)cc1. The molecular weight excluding hydrogens is 282 g/mol. The van der Waals surface area contributed by atoms with E-state index in [4.69, 9.17) is 9.47 Å². The van der Waals surface area contributed by atoms with Crippen molar-refractivity contribution in [2.75, 3.05) is 7.11 Å². The van der Waals surface area contributed by atoms with E-state index >= 15 is 0 Å². The Kier molecular flexibility index (Phi) is 3.78. The summed E-state index contributed by atoms with van der Waals surface area (Å²) in [6.07, 6.45) is -1.45. The highest BCUT2D eigenvalue weighted by Gasteiger charge is 2.40. The molecule has 5 heteroatoms. The number of hydrogen-bond donors (Lipinski definition) is 1. The number of rotatable bonds is 4. The van der Waals surface area contributed by atoms with Gasteiger partial charge in [-0.2, -0.15) is 0 Å². The number of methoxy groups -OCH3 is 1. The molecule has 1 saturated heterocycles. The zero-order valence-corrected chi connectivity index (χ0v) is 12.0. The molecule has 0 bridgehead atoms. The maximum atomic E-state index is 12.6. The molecule has 0 aromatic heterocycles. The van der Waals surface area contributed by atoms with Crippen molar-refractivity contribution >= 4 is 11.9 Å². The van der Waals surface area contributed by atoms with Crippen LogP contribution in [0.15, 0.2) is 54.6 Å². The minimum Gasteiger partial charge on any atom is -0.497 e. The molecule has 1 aliphatic rings. The number of hydrogen-bond acceptors (Lipinski definition) is 4. The van der Waals surface area contributed by atoms with Gasteiger partial charge in [-0.1, -0.05) is 30.3 Å². The fourth-order valence-corrected chi connectivity index (χ4v) is 2.46. The molecule has 2 aromatic carbocycles. The third-order valence-electron chi connectivity index (χ3n) is 3.60. The number of ketones is 1. The number of alkyl carbamates (subject to hydrolysis) is 1. The maximum absolute atomic E-state index is 12.6. The van der Waals surface area contributed by atoms with Crippen molar-refractivity contribution < 1.29 is 19.1 Å². The maximum Gasteiger partial charge on any atom is 0.408 e. The Hall–Kier alpha value is -2.82. The van der Waals surface area contributed by atoms with E-state index in [1.807, 2.05) is 30.3 Å². The van der Waals surface area contributed by atoms with Crippen LogP contribution >= 0.6 is 0 Å². The Morgan fingerprint density at radius 1 is 1.09 bits per heavy atom. The summed E-state index contributed by atoms with van der Waals surface area (Å²) < 4.78 is 10.2. The van der Waals surface area contributed by atoms with Crippen molar-refractivity contribution in [2.24, 2.45) is 0 Å². The standard InChI is InChI=1S/C17H15NO4/c1-21-13-9-7-12(8-10-13)15(19)16-14(18-17(20)22-16)11-5-3-2-4-6-11/h2-10,14,16H,1H3,(H,18,20)/t14-,16+/m0/s1. The summed E-state index contributed by atoms with van der Waals surface area (Å²) in [4.78, 5) is 24.2. The molecule has 3 rings (SSSR count). The Bertz CT molecular complexity index is 682. The van der Waals surface area contributed by atoms with Crippen LogP contribution in [0.25, 0.3) is 0 Å². The fraction of sp³-hybridized carbons (Fsp3) is 0.176. The average molecular weight is 297 g/mol. The molecule has 112 valence electrons. The van der Waals surface area contributed by atoms with Gasteiger partial charge in [0.2, 0.25) is 5.78 Å². The molecule has 2 atom stereocenters. The minimum atomic E-state index is -0.872. The lowest BCUT2D eigenvalue weighted by atomic mass is 9.96. The molecule has 22 heavy (non-hydrogen) atoms. The summed E-state index contributed by atoms with van der Waals surface area (Å²) in [5.74, 6) is 0.424. The predicted octanol–water partition coefficient (Wildman–Crippen LogP) is 2.73. The first-order valence-electron chi connectivity index (χ1n) is 6.89. The molecule has 1 amide bonds. The summed E-state index contributed by atoms with van der Waals surface area (Å²) in [6.45, 7) is 0. The second-order valence-electron chi connectivity index (χ2n) is 4.95. The van der Waals surface area contributed by atoms with Crippen molar-refractivity contribution in [2.45, 2.75) is 12.1 Å². The summed E-state index contributed by atoms with van der Waals surface area (Å²) in [7, 11) is 1.56. The number of Topliss-reactive ketones (excluding diaryl/α,β-unsaturated/α-hetero) is 1. The molecule has 1 fully saturated rings. The van der Waals surface area contributed by atoms with E-state index in [1.165, 1.54) is 0 Å². The van der Waals surface area contributed by atoms with Gasteiger partial charge < -0.3 is 14.8 Å². The zero-order chi connectivity index (χ0) is 15.5. The first-order valence-corrected chi connectivity index (χ1v) is 6.89. The quantitative estimate of drug-likeness (QED) is 0.881. The number of carbonyl (C=O) groups excluding carboxylic acids is 2. The molecule has 0 unspecified atom stereocenters. The molecule has 0 radical (unpaired) electrons. The molecular formula is C17H15NO4. The van der Waals surface area contributed by atoms with Gasteiger partial charge in [-0.25, -0.2) is 4.79 Å². The van der Waals surface area contributed by atoms with Crippen LogP contribution < -0.4 is 10.1 Å². The topological polar surface area (TPSA) is 64.6 Å². The lowest BCUT2D eigenvalue weighted by Gasteiger charge is -2.16. The number of ether oxygens (including phenoxy) is 2. The molecule has 1 N–H and O–H groups in total. The smallest absolute Gasteiger partial charge is 0.408 e. The van der Waals surface area contributed by atoms with E-state index in [1.54, 1.807) is 31.4 Å². The number of benzene rings is 2. The highest BCUT2D eigenvalue weighted by atomic mass is 16.6. The second kappa shape index (κ2) is 5.89. The van der Waals surface area contributed by atoms with E-state index < -0.39 is 18.2 Å². The highest BCUT2D eigenvalue weighted by molar-refractivity contribution is 6.02. The van der Waals surface area contributed by atoms with Crippen molar-refractivity contribution in [3.05, 3.63) is 65.7 Å². The van der Waals surface area contributed by atoms with E-state index in [9.17, 15) is 9.59 Å². The van der Waals surface area contributed by atoms with Crippen LogP contribution in [0.1, 0.15) is 22.0 Å². The molecule has 0 aliphatic carbocycles. The fourth-order valence-electron chi connectivity index (χ4n) is 2.46. The van der Waals surface area contributed by atoms with Crippen molar-refractivity contribution in [3.8, 4) is 5.75 Å². The van der Waals surface area contributed by atoms with Crippen molar-refractivity contribution in [1.29, 1.82) is 0 Å². The molecule has 2 aromatic rings. The second-order valence-corrected chi connectivity index (χ2v) is 4.95. The van der Waals surface area contributed by atoms with E-state index in [2.05, 4.69) is 5.32 Å². The Labute approximate surface area is 127 Å². The first-order chi connectivity index (χ1) is 10.7. The van der Waals surface area contributed by atoms with Gasteiger partial charge in [0.1, 0.15) is 11.8 Å². The third-order valence-corrected chi connectivity index (χ3v) is 3.60. The van der Waals surface area contributed by atoms with Crippen molar-refractivity contribution in [1.82, 2.24) is 5.32 Å². The zero-order valence-electron chi connectivity index (χ0n) is 12.0. The monoisotopic (exact) mass is 297 g/mol. The minimum absolute atomic E-state index is 0.241. The Morgan fingerprint density at radius 2 is 1.77 bits per heavy atom. The van der Waals surface area contributed by atoms with Crippen LogP contribution in [-0.4, -0.2) is 25.1 Å².